The van der Waals surface area contributed by atoms with Crippen LogP contribution in [-0.4, -0.2) is 91.8 Å². The highest BCUT2D eigenvalue weighted by Crippen LogP contribution is 2.66. The lowest BCUT2D eigenvalue weighted by Crippen LogP contribution is -3.00. The van der Waals surface area contributed by atoms with Crippen LogP contribution in [0.3, 0.4) is 0 Å². The van der Waals surface area contributed by atoms with Gasteiger partial charge in [0.25, 0.3) is 0 Å². The molecule has 0 spiro atoms. The molecular formula is C22H57Cl2N5P2. The average Bonchev–Trinajstić information content (AvgIpc) is 2.67. The Morgan fingerprint density at radius 2 is 0.871 bits per heavy atom. The molecule has 0 fully saturated rings. The van der Waals surface area contributed by atoms with Crippen molar-refractivity contribution in [3.63, 3.8) is 0 Å². The molecule has 0 heterocycles. The van der Waals surface area contributed by atoms with Crippen molar-refractivity contribution in [2.24, 2.45) is 0 Å². The Labute approximate surface area is 212 Å². The van der Waals surface area contributed by atoms with Gasteiger partial charge in [0.2, 0.25) is 0 Å². The molecule has 0 aromatic rings. The Hall–Kier alpha value is 1.24. The van der Waals surface area contributed by atoms with E-state index in [9.17, 15) is 0 Å². The molecule has 0 amide bonds. The van der Waals surface area contributed by atoms with Crippen molar-refractivity contribution >= 4 is 17.3 Å². The highest BCUT2D eigenvalue weighted by molar-refractivity contribution is 7.66. The van der Waals surface area contributed by atoms with Gasteiger partial charge in [0.05, 0.1) is 0 Å². The molecule has 31 heavy (non-hydrogen) atoms. The lowest BCUT2D eigenvalue weighted by molar-refractivity contribution is -0.00100. The number of rotatable bonds is 16. The molecule has 0 bridgehead atoms. The van der Waals surface area contributed by atoms with Crippen molar-refractivity contribution in [2.45, 2.75) is 79.1 Å². The van der Waals surface area contributed by atoms with Gasteiger partial charge in [-0.05, 0) is 26.7 Å². The fraction of sp³-hybridized carbons (Fsp3) is 1.00. The molecule has 0 aromatic carbocycles. The van der Waals surface area contributed by atoms with Gasteiger partial charge in [-0.25, -0.2) is 0 Å². The first-order chi connectivity index (χ1) is 13.7. The Morgan fingerprint density at radius 3 is 1.06 bits per heavy atom. The minimum Gasteiger partial charge on any atom is -1.00 e. The molecule has 5 nitrogen and oxygen atoms in total. The van der Waals surface area contributed by atoms with E-state index in [1.807, 2.05) is 9.39 Å². The second-order valence-electron chi connectivity index (χ2n) is 8.46. The summed E-state index contributed by atoms with van der Waals surface area (Å²) in [5.74, 6) is 0. The Morgan fingerprint density at radius 1 is 0.548 bits per heavy atom. The van der Waals surface area contributed by atoms with Crippen molar-refractivity contribution in [3.05, 3.63) is 0 Å². The van der Waals surface area contributed by atoms with E-state index in [-0.39, 0.29) is 24.8 Å². The monoisotopic (exact) mass is 523 g/mol. The van der Waals surface area contributed by atoms with E-state index in [0.717, 1.165) is 0 Å². The van der Waals surface area contributed by atoms with Crippen molar-refractivity contribution < 1.29 is 24.8 Å². The van der Waals surface area contributed by atoms with Crippen LogP contribution in [0.5, 0.6) is 0 Å². The molecule has 194 valence electrons. The molecule has 0 aliphatic carbocycles. The topological polar surface area (TPSA) is 16.2 Å². The van der Waals surface area contributed by atoms with E-state index in [1.54, 1.807) is 0 Å². The quantitative estimate of drug-likeness (QED) is 0.203. The summed E-state index contributed by atoms with van der Waals surface area (Å²) in [6.07, 6.45) is 10.7. The fourth-order valence-electron chi connectivity index (χ4n) is 3.88. The molecule has 1 atom stereocenters. The molecule has 0 radical (unpaired) electrons. The summed E-state index contributed by atoms with van der Waals surface area (Å²) in [4.78, 5) is 0. The van der Waals surface area contributed by atoms with Gasteiger partial charge in [0, 0.05) is 77.9 Å². The van der Waals surface area contributed by atoms with Gasteiger partial charge in [-0.3, -0.25) is 0 Å². The summed E-state index contributed by atoms with van der Waals surface area (Å²) in [7, 11) is 13.8. The van der Waals surface area contributed by atoms with Gasteiger partial charge in [-0.1, -0.05) is 52.4 Å². The first-order valence-corrected chi connectivity index (χ1v) is 14.1. The van der Waals surface area contributed by atoms with Crippen LogP contribution < -0.4 is 24.8 Å². The summed E-state index contributed by atoms with van der Waals surface area (Å²) in [6, 6.07) is 0. The lowest BCUT2D eigenvalue weighted by atomic mass is 10.2. The van der Waals surface area contributed by atoms with E-state index in [1.165, 1.54) is 77.5 Å². The zero-order chi connectivity index (χ0) is 22.9. The zero-order valence-corrected chi connectivity index (χ0v) is 26.5. The van der Waals surface area contributed by atoms with Crippen LogP contribution in [-0.2, 0) is 0 Å². The molecule has 1 unspecified atom stereocenters. The summed E-state index contributed by atoms with van der Waals surface area (Å²) in [6.45, 7) is 13.7. The van der Waals surface area contributed by atoms with E-state index in [0.29, 0.717) is 0 Å². The van der Waals surface area contributed by atoms with Gasteiger partial charge in [0.15, 0.2) is 0 Å². The highest BCUT2D eigenvalue weighted by Gasteiger charge is 2.53. The van der Waals surface area contributed by atoms with Gasteiger partial charge in [-0.15, -0.1) is 18.7 Å². The van der Waals surface area contributed by atoms with E-state index in [2.05, 4.69) is 93.3 Å². The van der Waals surface area contributed by atoms with E-state index < -0.39 is 7.87 Å². The predicted molar refractivity (Wildman–Crippen MR) is 142 cm³/mol. The predicted octanol–water partition coefficient (Wildman–Crippen LogP) is -0.330. The molecule has 0 aromatic heterocycles. The van der Waals surface area contributed by atoms with Crippen LogP contribution in [0, 0.1) is 0 Å². The Bertz CT molecular complexity index is 327. The van der Waals surface area contributed by atoms with Gasteiger partial charge >= 0.3 is 7.87 Å². The van der Waals surface area contributed by atoms with Gasteiger partial charge in [-0.2, -0.15) is 4.67 Å². The van der Waals surface area contributed by atoms with Crippen molar-refractivity contribution in [1.82, 2.24) is 23.4 Å². The summed E-state index contributed by atoms with van der Waals surface area (Å²) < 4.78 is 12.5. The number of hydrogen-bond acceptors (Lipinski definition) is 5. The maximum absolute atomic E-state index is 2.79. The van der Waals surface area contributed by atoms with Crippen LogP contribution >= 0.6 is 17.3 Å². The SMILES string of the molecule is CCCCCCN(CCCCCC)[P+](N(C)C)(N(C)C)N(C)C.CCN([PH3+])CC.[Cl-].[Cl-]. The van der Waals surface area contributed by atoms with E-state index in [4.69, 9.17) is 0 Å². The molecule has 0 aliphatic heterocycles. The smallest absolute Gasteiger partial charge is 0.307 e. The third-order valence-electron chi connectivity index (χ3n) is 5.42. The molecule has 0 aliphatic rings. The maximum atomic E-state index is 2.79. The standard InChI is InChI=1S/C18H44N4P.C4H12NP.2ClH/c1-9-11-13-15-17-22(18-16-14-12-10-2)23(19(3)4,20(5)6)21(7)8;1-3-5(6)4-2;;/h9-18H2,1-8H3;3-4,6H2,1-2H3;2*1H/q+1;;;/p-1. The third-order valence-corrected chi connectivity index (χ3v) is 10.7. The molecule has 0 saturated carbocycles. The largest absolute Gasteiger partial charge is 1.00 e. The Balaban J connectivity index is -0.000000398. The minimum absolute atomic E-state index is 0. The van der Waals surface area contributed by atoms with Gasteiger partial charge in [0.1, 0.15) is 0 Å². The maximum Gasteiger partial charge on any atom is 0.307 e. The highest BCUT2D eigenvalue weighted by atomic mass is 35.5. The first-order valence-electron chi connectivity index (χ1n) is 11.9. The number of nitrogens with zero attached hydrogens (tertiary/aromatic N) is 5. The van der Waals surface area contributed by atoms with Crippen LogP contribution in [0.1, 0.15) is 79.1 Å². The summed E-state index contributed by atoms with van der Waals surface area (Å²) in [5.41, 5.74) is 0. The van der Waals surface area contributed by atoms with Crippen LogP contribution in [0.15, 0.2) is 0 Å². The molecule has 0 N–H and O–H groups in total. The van der Waals surface area contributed by atoms with Crippen molar-refractivity contribution in [3.8, 4) is 0 Å². The van der Waals surface area contributed by atoms with Crippen molar-refractivity contribution in [1.29, 1.82) is 0 Å². The summed E-state index contributed by atoms with van der Waals surface area (Å²) in [5, 5.41) is 0. The number of hydrogen-bond donors (Lipinski definition) is 0. The molecule has 0 rings (SSSR count). The van der Waals surface area contributed by atoms with Crippen molar-refractivity contribution in [2.75, 3.05) is 68.5 Å². The molecule has 9 heteroatoms. The lowest BCUT2D eigenvalue weighted by Gasteiger charge is -2.45. The van der Waals surface area contributed by atoms with E-state index >= 15 is 0 Å². The number of unbranched alkanes of at least 4 members (excludes halogenated alkanes) is 6. The third kappa shape index (κ3) is 15.7. The second kappa shape index (κ2) is 24.4. The normalized spacial score (nSPS) is 11.7. The average molecular weight is 525 g/mol. The second-order valence-corrected chi connectivity index (χ2v) is 13.4. The van der Waals surface area contributed by atoms with Crippen LogP contribution in [0.2, 0.25) is 0 Å². The first kappa shape index (κ1) is 39.5. The molecular weight excluding hydrogens is 467 g/mol. The fourth-order valence-corrected chi connectivity index (χ4v) is 8.36. The van der Waals surface area contributed by atoms with Crippen LogP contribution in [0.4, 0.5) is 0 Å². The minimum atomic E-state index is -1.59. The van der Waals surface area contributed by atoms with Gasteiger partial charge < -0.3 is 24.8 Å². The summed E-state index contributed by atoms with van der Waals surface area (Å²) >= 11 is 0. The number of halogens is 2. The van der Waals surface area contributed by atoms with Crippen LogP contribution in [0.25, 0.3) is 0 Å². The zero-order valence-electron chi connectivity index (χ0n) is 22.6. The Kier molecular flexibility index (Phi) is 31.0. The molecule has 0 saturated heterocycles.